The quantitative estimate of drug-likeness (QED) is 0.485. The molecule has 0 spiro atoms. The molecule has 3 aromatic rings. The Morgan fingerprint density at radius 1 is 1.36 bits per heavy atom. The first-order chi connectivity index (χ1) is 13.5. The molecule has 0 atom stereocenters. The van der Waals surface area contributed by atoms with Crippen LogP contribution in [0.3, 0.4) is 0 Å². The van der Waals surface area contributed by atoms with Crippen molar-refractivity contribution in [2.45, 2.75) is 44.8 Å². The SMILES string of the molecule is CCCc1cc(-c2nnc(SCC(=O)Nc3ccc(Cl)cn3)n2C(C)C)cs1. The van der Waals surface area contributed by atoms with E-state index in [0.29, 0.717) is 10.8 Å². The highest BCUT2D eigenvalue weighted by Gasteiger charge is 2.19. The van der Waals surface area contributed by atoms with Gasteiger partial charge in [0.15, 0.2) is 11.0 Å². The van der Waals surface area contributed by atoms with Gasteiger partial charge >= 0.3 is 0 Å². The molecular weight excluding hydrogens is 414 g/mol. The van der Waals surface area contributed by atoms with E-state index in [0.717, 1.165) is 29.4 Å². The van der Waals surface area contributed by atoms with Gasteiger partial charge in [0, 0.05) is 28.1 Å². The Labute approximate surface area is 177 Å². The number of hydrogen-bond acceptors (Lipinski definition) is 6. The third-order valence-electron chi connectivity index (χ3n) is 3.92. The number of carbonyl (C=O) groups excluding carboxylic acids is 1. The van der Waals surface area contributed by atoms with Gasteiger partial charge in [-0.05, 0) is 38.5 Å². The van der Waals surface area contributed by atoms with Crippen LogP contribution in [0.1, 0.15) is 38.1 Å². The van der Waals surface area contributed by atoms with Crippen molar-refractivity contribution in [2.75, 3.05) is 11.1 Å². The van der Waals surface area contributed by atoms with E-state index in [1.165, 1.54) is 22.8 Å². The van der Waals surface area contributed by atoms with Crippen molar-refractivity contribution in [3.05, 3.63) is 39.7 Å². The molecule has 0 fully saturated rings. The molecule has 6 nitrogen and oxygen atoms in total. The molecule has 0 unspecified atom stereocenters. The van der Waals surface area contributed by atoms with Crippen LogP contribution in [0.2, 0.25) is 5.02 Å². The molecule has 0 saturated heterocycles. The van der Waals surface area contributed by atoms with Crippen molar-refractivity contribution in [3.8, 4) is 11.4 Å². The molecule has 0 aliphatic heterocycles. The van der Waals surface area contributed by atoms with Gasteiger partial charge in [0.25, 0.3) is 0 Å². The van der Waals surface area contributed by atoms with Crippen LogP contribution in [0.5, 0.6) is 0 Å². The van der Waals surface area contributed by atoms with E-state index in [4.69, 9.17) is 11.6 Å². The molecule has 0 aliphatic carbocycles. The van der Waals surface area contributed by atoms with E-state index in [1.807, 2.05) is 0 Å². The normalized spacial score (nSPS) is 11.2. The second-order valence-electron chi connectivity index (χ2n) is 6.52. The van der Waals surface area contributed by atoms with Crippen molar-refractivity contribution in [2.24, 2.45) is 0 Å². The average molecular weight is 436 g/mol. The summed E-state index contributed by atoms with van der Waals surface area (Å²) >= 11 is 8.93. The van der Waals surface area contributed by atoms with Gasteiger partial charge in [-0.25, -0.2) is 4.98 Å². The van der Waals surface area contributed by atoms with Crippen LogP contribution >= 0.6 is 34.7 Å². The largest absolute Gasteiger partial charge is 0.310 e. The Balaban J connectivity index is 1.70. The van der Waals surface area contributed by atoms with Crippen LogP contribution in [0.25, 0.3) is 11.4 Å². The predicted octanol–water partition coefficient (Wildman–Crippen LogP) is 5.32. The van der Waals surface area contributed by atoms with E-state index in [9.17, 15) is 4.79 Å². The fraction of sp³-hybridized carbons (Fsp3) is 0.368. The van der Waals surface area contributed by atoms with Gasteiger partial charge in [-0.3, -0.25) is 9.36 Å². The number of rotatable bonds is 8. The van der Waals surface area contributed by atoms with E-state index in [1.54, 1.807) is 23.5 Å². The van der Waals surface area contributed by atoms with Gasteiger partial charge in [0.2, 0.25) is 5.91 Å². The molecule has 3 rings (SSSR count). The summed E-state index contributed by atoms with van der Waals surface area (Å²) < 4.78 is 2.08. The zero-order chi connectivity index (χ0) is 20.1. The van der Waals surface area contributed by atoms with Crippen LogP contribution < -0.4 is 5.32 Å². The van der Waals surface area contributed by atoms with Crippen molar-refractivity contribution in [1.29, 1.82) is 0 Å². The highest BCUT2D eigenvalue weighted by molar-refractivity contribution is 7.99. The zero-order valence-corrected chi connectivity index (χ0v) is 18.4. The summed E-state index contributed by atoms with van der Waals surface area (Å²) in [7, 11) is 0. The molecule has 0 radical (unpaired) electrons. The zero-order valence-electron chi connectivity index (χ0n) is 16.0. The summed E-state index contributed by atoms with van der Waals surface area (Å²) in [5, 5.41) is 14.9. The van der Waals surface area contributed by atoms with Gasteiger partial charge in [-0.1, -0.05) is 36.7 Å². The lowest BCUT2D eigenvalue weighted by Gasteiger charge is -2.13. The van der Waals surface area contributed by atoms with Crippen LogP contribution in [-0.4, -0.2) is 31.4 Å². The summed E-state index contributed by atoms with van der Waals surface area (Å²) in [4.78, 5) is 17.7. The number of nitrogens with zero attached hydrogens (tertiary/aromatic N) is 4. The standard InChI is InChI=1S/C19H22ClN5OS2/c1-4-5-15-8-13(10-27-15)18-23-24-19(25(18)12(2)3)28-11-17(26)22-16-7-6-14(20)9-21-16/h6-10,12H,4-5,11H2,1-3H3,(H,21,22,26). The second-order valence-corrected chi connectivity index (χ2v) is 8.89. The molecule has 148 valence electrons. The maximum absolute atomic E-state index is 12.2. The van der Waals surface area contributed by atoms with Crippen molar-refractivity contribution < 1.29 is 4.79 Å². The lowest BCUT2D eigenvalue weighted by atomic mass is 10.2. The Morgan fingerprint density at radius 2 is 2.18 bits per heavy atom. The number of hydrogen-bond donors (Lipinski definition) is 1. The fourth-order valence-electron chi connectivity index (χ4n) is 2.67. The Morgan fingerprint density at radius 3 is 2.86 bits per heavy atom. The van der Waals surface area contributed by atoms with Crippen molar-refractivity contribution in [3.63, 3.8) is 0 Å². The molecule has 0 aliphatic rings. The monoisotopic (exact) mass is 435 g/mol. The predicted molar refractivity (Wildman–Crippen MR) is 116 cm³/mol. The third-order valence-corrected chi connectivity index (χ3v) is 6.08. The van der Waals surface area contributed by atoms with Gasteiger partial charge < -0.3 is 5.32 Å². The summed E-state index contributed by atoms with van der Waals surface area (Å²) in [6, 6.07) is 5.73. The van der Waals surface area contributed by atoms with E-state index in [-0.39, 0.29) is 17.7 Å². The summed E-state index contributed by atoms with van der Waals surface area (Å²) in [6.07, 6.45) is 3.69. The highest BCUT2D eigenvalue weighted by Crippen LogP contribution is 2.31. The first-order valence-corrected chi connectivity index (χ1v) is 11.3. The second kappa shape index (κ2) is 9.54. The number of anilines is 1. The topological polar surface area (TPSA) is 72.7 Å². The molecule has 9 heteroatoms. The first kappa shape index (κ1) is 20.8. The number of amides is 1. The van der Waals surface area contributed by atoms with E-state index < -0.39 is 0 Å². The molecule has 3 heterocycles. The lowest BCUT2D eigenvalue weighted by Crippen LogP contribution is -2.15. The van der Waals surface area contributed by atoms with Crippen LogP contribution in [-0.2, 0) is 11.2 Å². The number of thiophene rings is 1. The summed E-state index contributed by atoms with van der Waals surface area (Å²) in [5.41, 5.74) is 1.08. The van der Waals surface area contributed by atoms with Gasteiger partial charge in [-0.2, -0.15) is 0 Å². The summed E-state index contributed by atoms with van der Waals surface area (Å²) in [6.45, 7) is 6.36. The molecule has 28 heavy (non-hydrogen) atoms. The molecular formula is C19H22ClN5OS2. The van der Waals surface area contributed by atoms with Gasteiger partial charge in [0.05, 0.1) is 10.8 Å². The van der Waals surface area contributed by atoms with Gasteiger partial charge in [0.1, 0.15) is 5.82 Å². The molecule has 1 amide bonds. The maximum Gasteiger partial charge on any atom is 0.236 e. The van der Waals surface area contributed by atoms with Crippen molar-refractivity contribution >= 4 is 46.4 Å². The number of nitrogens with one attached hydrogen (secondary N) is 1. The van der Waals surface area contributed by atoms with Crippen LogP contribution in [0, 0.1) is 0 Å². The number of carbonyl (C=O) groups is 1. The fourth-order valence-corrected chi connectivity index (χ4v) is 4.62. The Kier molecular flexibility index (Phi) is 7.09. The van der Waals surface area contributed by atoms with Crippen molar-refractivity contribution in [1.82, 2.24) is 19.7 Å². The Hall–Kier alpha value is -1.90. The smallest absolute Gasteiger partial charge is 0.236 e. The number of aromatic nitrogens is 4. The maximum atomic E-state index is 12.2. The number of halogens is 1. The van der Waals surface area contributed by atoms with Gasteiger partial charge in [-0.15, -0.1) is 21.5 Å². The van der Waals surface area contributed by atoms with Crippen LogP contribution in [0.4, 0.5) is 5.82 Å². The number of aryl methyl sites for hydroxylation is 1. The third kappa shape index (κ3) is 5.12. The first-order valence-electron chi connectivity index (χ1n) is 9.04. The number of pyridine rings is 1. The lowest BCUT2D eigenvalue weighted by molar-refractivity contribution is -0.113. The molecule has 1 N–H and O–H groups in total. The highest BCUT2D eigenvalue weighted by atomic mass is 35.5. The van der Waals surface area contributed by atoms with Crippen LogP contribution in [0.15, 0.2) is 34.9 Å². The van der Waals surface area contributed by atoms with E-state index in [2.05, 4.69) is 57.3 Å². The average Bonchev–Trinajstić information content (AvgIpc) is 3.29. The molecule has 0 saturated carbocycles. The van der Waals surface area contributed by atoms with E-state index >= 15 is 0 Å². The molecule has 3 aromatic heterocycles. The summed E-state index contributed by atoms with van der Waals surface area (Å²) in [5.74, 6) is 1.39. The molecule has 0 aromatic carbocycles. The molecule has 0 bridgehead atoms. The minimum Gasteiger partial charge on any atom is -0.310 e. The minimum absolute atomic E-state index is 0.152. The number of thioether (sulfide) groups is 1. The minimum atomic E-state index is -0.152. The Bertz CT molecular complexity index is 936.